The number of carbonyl (C=O) groups is 1. The van der Waals surface area contributed by atoms with Crippen LogP contribution in [-0.4, -0.2) is 76.8 Å². The number of hydrogen-bond acceptors (Lipinski definition) is 6. The molecule has 0 atom stereocenters. The molecule has 0 spiro atoms. The van der Waals surface area contributed by atoms with Gasteiger partial charge in [-0.2, -0.15) is 0 Å². The second-order valence-corrected chi connectivity index (χ2v) is 7.01. The van der Waals surface area contributed by atoms with Crippen molar-refractivity contribution in [2.45, 2.75) is 32.2 Å². The van der Waals surface area contributed by atoms with Crippen molar-refractivity contribution >= 4 is 5.91 Å². The Labute approximate surface area is 142 Å². The third-order valence-electron chi connectivity index (χ3n) is 5.25. The fourth-order valence-corrected chi connectivity index (χ4v) is 3.56. The first-order valence-corrected chi connectivity index (χ1v) is 8.93. The predicted octanol–water partition coefficient (Wildman–Crippen LogP) is -0.534. The topological polar surface area (TPSA) is 95.3 Å². The minimum atomic E-state index is -0.205. The quantitative estimate of drug-likeness (QED) is 0.619. The fourth-order valence-electron chi connectivity index (χ4n) is 3.56. The molecule has 2 fully saturated rings. The Kier molecular flexibility index (Phi) is 5.80. The highest BCUT2D eigenvalue weighted by atomic mass is 16.3. The summed E-state index contributed by atoms with van der Waals surface area (Å²) in [6.07, 6.45) is 5.90. The Morgan fingerprint density at radius 1 is 1.29 bits per heavy atom. The SMILES string of the molecule is O=C(NCC1(CO)CCCC1)c1cn(CCN2CCNCC2)nn1. The molecule has 8 nitrogen and oxygen atoms in total. The van der Waals surface area contributed by atoms with Crippen molar-refractivity contribution in [1.82, 2.24) is 30.5 Å². The summed E-state index contributed by atoms with van der Waals surface area (Å²) in [7, 11) is 0. The van der Waals surface area contributed by atoms with E-state index < -0.39 is 0 Å². The Balaban J connectivity index is 1.46. The number of nitrogens with one attached hydrogen (secondary N) is 2. The summed E-state index contributed by atoms with van der Waals surface area (Å²) in [5, 5.41) is 23.9. The summed E-state index contributed by atoms with van der Waals surface area (Å²) in [5.74, 6) is -0.205. The zero-order valence-corrected chi connectivity index (χ0v) is 14.2. The molecule has 134 valence electrons. The number of amides is 1. The molecule has 3 N–H and O–H groups in total. The number of aromatic nitrogens is 3. The molecule has 3 rings (SSSR count). The third-order valence-corrected chi connectivity index (χ3v) is 5.25. The zero-order chi connectivity index (χ0) is 16.8. The van der Waals surface area contributed by atoms with Crippen LogP contribution in [0.3, 0.4) is 0 Å². The maximum Gasteiger partial charge on any atom is 0.273 e. The average molecular weight is 336 g/mol. The number of nitrogens with zero attached hydrogens (tertiary/aromatic N) is 4. The van der Waals surface area contributed by atoms with E-state index in [0.717, 1.165) is 65.0 Å². The van der Waals surface area contributed by atoms with Gasteiger partial charge in [0.2, 0.25) is 0 Å². The molecule has 2 aliphatic rings. The highest BCUT2D eigenvalue weighted by Gasteiger charge is 2.33. The van der Waals surface area contributed by atoms with Crippen LogP contribution < -0.4 is 10.6 Å². The van der Waals surface area contributed by atoms with E-state index in [2.05, 4.69) is 25.8 Å². The molecule has 1 aromatic rings. The first-order valence-electron chi connectivity index (χ1n) is 8.93. The lowest BCUT2D eigenvalue weighted by Crippen LogP contribution is -2.44. The van der Waals surface area contributed by atoms with Crippen LogP contribution in [-0.2, 0) is 6.54 Å². The molecule has 1 amide bonds. The lowest BCUT2D eigenvalue weighted by atomic mass is 9.87. The van der Waals surface area contributed by atoms with Gasteiger partial charge in [0.15, 0.2) is 5.69 Å². The highest BCUT2D eigenvalue weighted by molar-refractivity contribution is 5.91. The van der Waals surface area contributed by atoms with Crippen LogP contribution in [0, 0.1) is 5.41 Å². The molecular weight excluding hydrogens is 308 g/mol. The van der Waals surface area contributed by atoms with Crippen LogP contribution >= 0.6 is 0 Å². The Hall–Kier alpha value is -1.51. The second-order valence-electron chi connectivity index (χ2n) is 7.01. The number of aliphatic hydroxyl groups excluding tert-OH is 1. The Bertz CT molecular complexity index is 534. The first-order chi connectivity index (χ1) is 11.7. The molecule has 1 saturated heterocycles. The lowest BCUT2D eigenvalue weighted by Gasteiger charge is -2.26. The van der Waals surface area contributed by atoms with Crippen molar-refractivity contribution in [2.75, 3.05) is 45.9 Å². The van der Waals surface area contributed by atoms with Crippen LogP contribution in [0.1, 0.15) is 36.2 Å². The molecule has 0 aromatic carbocycles. The van der Waals surface area contributed by atoms with Gasteiger partial charge >= 0.3 is 0 Å². The molecule has 1 aliphatic heterocycles. The first kappa shape index (κ1) is 17.3. The predicted molar refractivity (Wildman–Crippen MR) is 89.7 cm³/mol. The fraction of sp³-hybridized carbons (Fsp3) is 0.812. The van der Waals surface area contributed by atoms with Crippen molar-refractivity contribution in [3.8, 4) is 0 Å². The van der Waals surface area contributed by atoms with Crippen molar-refractivity contribution in [2.24, 2.45) is 5.41 Å². The van der Waals surface area contributed by atoms with E-state index in [0.29, 0.717) is 12.2 Å². The van der Waals surface area contributed by atoms with E-state index in [1.54, 1.807) is 10.9 Å². The van der Waals surface area contributed by atoms with Crippen LogP contribution in [0.25, 0.3) is 0 Å². The lowest BCUT2D eigenvalue weighted by molar-refractivity contribution is 0.0876. The number of hydrogen-bond donors (Lipinski definition) is 3. The van der Waals surface area contributed by atoms with Crippen molar-refractivity contribution < 1.29 is 9.90 Å². The molecule has 1 aromatic heterocycles. The van der Waals surface area contributed by atoms with Crippen LogP contribution in [0.2, 0.25) is 0 Å². The van der Waals surface area contributed by atoms with Crippen LogP contribution in [0.15, 0.2) is 6.20 Å². The summed E-state index contributed by atoms with van der Waals surface area (Å²) >= 11 is 0. The van der Waals surface area contributed by atoms with Crippen molar-refractivity contribution in [1.29, 1.82) is 0 Å². The summed E-state index contributed by atoms with van der Waals surface area (Å²) in [5.41, 5.74) is 0.204. The maximum atomic E-state index is 12.3. The van der Waals surface area contributed by atoms with Crippen molar-refractivity contribution in [3.05, 3.63) is 11.9 Å². The van der Waals surface area contributed by atoms with Gasteiger partial charge in [0.05, 0.1) is 19.3 Å². The van der Waals surface area contributed by atoms with E-state index in [9.17, 15) is 9.90 Å². The number of rotatable bonds is 7. The molecule has 1 saturated carbocycles. The standard InChI is InChI=1S/C16H28N6O2/c23-13-16(3-1-2-4-16)12-18-15(24)14-11-22(20-19-14)10-9-21-7-5-17-6-8-21/h11,17,23H,1-10,12-13H2,(H,18,24). The van der Waals surface area contributed by atoms with Crippen molar-refractivity contribution in [3.63, 3.8) is 0 Å². The summed E-state index contributed by atoms with van der Waals surface area (Å²) in [6, 6.07) is 0. The average Bonchev–Trinajstić information content (AvgIpc) is 3.29. The van der Waals surface area contributed by atoms with Gasteiger partial charge in [-0.3, -0.25) is 14.4 Å². The minimum absolute atomic E-state index is 0.130. The minimum Gasteiger partial charge on any atom is -0.396 e. The van der Waals surface area contributed by atoms with Gasteiger partial charge in [-0.1, -0.05) is 18.1 Å². The Morgan fingerprint density at radius 2 is 2.04 bits per heavy atom. The van der Waals surface area contributed by atoms with E-state index in [-0.39, 0.29) is 17.9 Å². The van der Waals surface area contributed by atoms with Gasteiger partial charge in [-0.05, 0) is 12.8 Å². The zero-order valence-electron chi connectivity index (χ0n) is 14.2. The van der Waals surface area contributed by atoms with Gasteiger partial charge in [-0.15, -0.1) is 5.10 Å². The molecule has 0 unspecified atom stereocenters. The monoisotopic (exact) mass is 336 g/mol. The van der Waals surface area contributed by atoms with E-state index in [4.69, 9.17) is 0 Å². The molecule has 8 heteroatoms. The largest absolute Gasteiger partial charge is 0.396 e. The Morgan fingerprint density at radius 3 is 2.75 bits per heavy atom. The third kappa shape index (κ3) is 4.31. The van der Waals surface area contributed by atoms with Gasteiger partial charge in [0.1, 0.15) is 0 Å². The highest BCUT2D eigenvalue weighted by Crippen LogP contribution is 2.36. The van der Waals surface area contributed by atoms with Gasteiger partial charge in [0, 0.05) is 44.7 Å². The van der Waals surface area contributed by atoms with Gasteiger partial charge < -0.3 is 15.7 Å². The smallest absolute Gasteiger partial charge is 0.273 e. The molecule has 0 bridgehead atoms. The van der Waals surface area contributed by atoms with Gasteiger partial charge in [0.25, 0.3) is 5.91 Å². The summed E-state index contributed by atoms with van der Waals surface area (Å²) < 4.78 is 1.73. The second kappa shape index (κ2) is 8.04. The maximum absolute atomic E-state index is 12.3. The normalized spacial score (nSPS) is 21.0. The van der Waals surface area contributed by atoms with Gasteiger partial charge in [-0.25, -0.2) is 0 Å². The molecule has 2 heterocycles. The molecule has 0 radical (unpaired) electrons. The molecule has 1 aliphatic carbocycles. The summed E-state index contributed by atoms with van der Waals surface area (Å²) in [6.45, 7) is 6.44. The van der Waals surface area contributed by atoms with E-state index in [1.807, 2.05) is 0 Å². The number of piperazine rings is 1. The van der Waals surface area contributed by atoms with E-state index >= 15 is 0 Å². The number of aliphatic hydroxyl groups is 1. The molecule has 24 heavy (non-hydrogen) atoms. The van der Waals surface area contributed by atoms with E-state index in [1.165, 1.54) is 0 Å². The van der Waals surface area contributed by atoms with Crippen LogP contribution in [0.4, 0.5) is 0 Å². The van der Waals surface area contributed by atoms with Crippen LogP contribution in [0.5, 0.6) is 0 Å². The molecular formula is C16H28N6O2. The number of carbonyl (C=O) groups excluding carboxylic acids is 1. The summed E-state index contributed by atoms with van der Waals surface area (Å²) in [4.78, 5) is 14.6.